The van der Waals surface area contributed by atoms with Crippen molar-refractivity contribution >= 4 is 17.5 Å². The summed E-state index contributed by atoms with van der Waals surface area (Å²) in [5.74, 6) is 0.629. The van der Waals surface area contributed by atoms with Crippen molar-refractivity contribution in [3.05, 3.63) is 89.5 Å². The largest absolute Gasteiger partial charge is 0.457 e. The molecule has 0 aliphatic carbocycles. The van der Waals surface area contributed by atoms with Gasteiger partial charge < -0.3 is 20.3 Å². The molecule has 30 heavy (non-hydrogen) atoms. The van der Waals surface area contributed by atoms with Crippen molar-refractivity contribution in [3.8, 4) is 11.5 Å². The zero-order chi connectivity index (χ0) is 21.7. The van der Waals surface area contributed by atoms with E-state index < -0.39 is 5.91 Å². The maximum atomic E-state index is 12.7. The van der Waals surface area contributed by atoms with Crippen LogP contribution >= 0.6 is 0 Å². The molecule has 2 amide bonds. The first kappa shape index (κ1) is 20.9. The van der Waals surface area contributed by atoms with Crippen LogP contribution < -0.4 is 15.4 Å². The lowest BCUT2D eigenvalue weighted by atomic mass is 10.1. The van der Waals surface area contributed by atoms with Gasteiger partial charge in [0.1, 0.15) is 11.5 Å². The molecule has 0 fully saturated rings. The van der Waals surface area contributed by atoms with Gasteiger partial charge in [0.15, 0.2) is 0 Å². The van der Waals surface area contributed by atoms with E-state index >= 15 is 0 Å². The molecule has 0 radical (unpaired) electrons. The fourth-order valence-electron chi connectivity index (χ4n) is 2.95. The average molecular weight is 403 g/mol. The van der Waals surface area contributed by atoms with E-state index in [1.54, 1.807) is 60.5 Å². The quantitative estimate of drug-likeness (QED) is 0.649. The van der Waals surface area contributed by atoms with Gasteiger partial charge in [-0.05, 0) is 66.2 Å². The second-order valence-electron chi connectivity index (χ2n) is 7.24. The Labute approximate surface area is 176 Å². The molecule has 3 rings (SSSR count). The normalized spacial score (nSPS) is 10.4. The monoisotopic (exact) mass is 403 g/mol. The number of ether oxygens (including phenoxy) is 1. The third kappa shape index (κ3) is 5.17. The number of nitrogens with zero attached hydrogens (tertiary/aromatic N) is 2. The minimum atomic E-state index is -0.484. The zero-order valence-corrected chi connectivity index (χ0v) is 17.3. The summed E-state index contributed by atoms with van der Waals surface area (Å²) in [5.41, 5.74) is 8.42. The Kier molecular flexibility index (Phi) is 6.37. The second kappa shape index (κ2) is 9.13. The molecule has 0 spiro atoms. The number of amides is 2. The van der Waals surface area contributed by atoms with Gasteiger partial charge in [0.2, 0.25) is 5.91 Å². The van der Waals surface area contributed by atoms with Crippen molar-refractivity contribution in [3.63, 3.8) is 0 Å². The number of hydrogen-bond acceptors (Lipinski definition) is 4. The molecule has 3 aromatic rings. The molecule has 0 aliphatic rings. The Balaban J connectivity index is 1.61. The van der Waals surface area contributed by atoms with Crippen molar-refractivity contribution < 1.29 is 14.3 Å². The molecule has 0 aliphatic heterocycles. The summed E-state index contributed by atoms with van der Waals surface area (Å²) in [6.07, 6.45) is 0. The molecule has 0 heterocycles. The third-order valence-corrected chi connectivity index (χ3v) is 4.69. The summed E-state index contributed by atoms with van der Waals surface area (Å²) >= 11 is 0. The Bertz CT molecular complexity index is 1010. The molecule has 0 bridgehead atoms. The van der Waals surface area contributed by atoms with Gasteiger partial charge in [-0.3, -0.25) is 9.59 Å². The highest BCUT2D eigenvalue weighted by atomic mass is 16.5. The fourth-order valence-corrected chi connectivity index (χ4v) is 2.95. The van der Waals surface area contributed by atoms with Crippen LogP contribution in [0.4, 0.5) is 5.69 Å². The minimum absolute atomic E-state index is 0.0657. The Morgan fingerprint density at radius 3 is 1.73 bits per heavy atom. The molecule has 0 atom stereocenters. The second-order valence-corrected chi connectivity index (χ2v) is 7.24. The van der Waals surface area contributed by atoms with Crippen LogP contribution in [0.25, 0.3) is 0 Å². The first-order chi connectivity index (χ1) is 14.3. The maximum Gasteiger partial charge on any atom is 0.253 e. The standard InChI is InChI=1S/C24H25N3O3/c1-26(2)20-10-4-17(5-11-20)16-27(3)24(29)19-8-14-22(15-9-19)30-21-12-6-18(7-13-21)23(25)28/h4-15H,16H2,1-3H3,(H2,25,28). The molecule has 0 unspecified atom stereocenters. The number of rotatable bonds is 7. The number of primary amides is 1. The zero-order valence-electron chi connectivity index (χ0n) is 17.3. The summed E-state index contributed by atoms with van der Waals surface area (Å²) in [4.78, 5) is 27.6. The van der Waals surface area contributed by atoms with Crippen LogP contribution in [0.3, 0.4) is 0 Å². The summed E-state index contributed by atoms with van der Waals surface area (Å²) < 4.78 is 5.75. The number of carbonyl (C=O) groups is 2. The van der Waals surface area contributed by atoms with E-state index in [4.69, 9.17) is 10.5 Å². The van der Waals surface area contributed by atoms with Gasteiger partial charge in [-0.25, -0.2) is 0 Å². The van der Waals surface area contributed by atoms with Gasteiger partial charge in [-0.15, -0.1) is 0 Å². The van der Waals surface area contributed by atoms with Crippen molar-refractivity contribution in [1.82, 2.24) is 4.90 Å². The molecule has 6 heteroatoms. The van der Waals surface area contributed by atoms with E-state index in [-0.39, 0.29) is 5.91 Å². The first-order valence-electron chi connectivity index (χ1n) is 9.53. The number of nitrogens with two attached hydrogens (primary N) is 1. The minimum Gasteiger partial charge on any atom is -0.457 e. The van der Waals surface area contributed by atoms with Gasteiger partial charge in [-0.1, -0.05) is 12.1 Å². The fraction of sp³-hybridized carbons (Fsp3) is 0.167. The molecule has 3 aromatic carbocycles. The van der Waals surface area contributed by atoms with Crippen molar-refractivity contribution in [1.29, 1.82) is 0 Å². The molecule has 0 saturated heterocycles. The van der Waals surface area contributed by atoms with Gasteiger partial charge in [0.05, 0.1) is 0 Å². The van der Waals surface area contributed by atoms with Gasteiger partial charge in [-0.2, -0.15) is 0 Å². The molecular formula is C24H25N3O3. The van der Waals surface area contributed by atoms with E-state index in [0.29, 0.717) is 29.2 Å². The first-order valence-corrected chi connectivity index (χ1v) is 9.53. The summed E-state index contributed by atoms with van der Waals surface area (Å²) in [7, 11) is 5.77. The Hall–Kier alpha value is -3.80. The highest BCUT2D eigenvalue weighted by Gasteiger charge is 2.12. The predicted octanol–water partition coefficient (Wildman–Crippen LogP) is 3.92. The lowest BCUT2D eigenvalue weighted by Gasteiger charge is -2.19. The SMILES string of the molecule is CN(Cc1ccc(N(C)C)cc1)C(=O)c1ccc(Oc2ccc(C(N)=O)cc2)cc1. The number of carbonyl (C=O) groups excluding carboxylic acids is 2. The van der Waals surface area contributed by atoms with Crippen LogP contribution in [0, 0.1) is 0 Å². The molecule has 0 saturated carbocycles. The number of benzene rings is 3. The lowest BCUT2D eigenvalue weighted by Crippen LogP contribution is -2.26. The molecule has 0 aromatic heterocycles. The molecule has 2 N–H and O–H groups in total. The van der Waals surface area contributed by atoms with Crippen LogP contribution in [0.2, 0.25) is 0 Å². The molecule has 6 nitrogen and oxygen atoms in total. The van der Waals surface area contributed by atoms with Crippen LogP contribution in [-0.4, -0.2) is 37.9 Å². The van der Waals surface area contributed by atoms with E-state index in [9.17, 15) is 9.59 Å². The van der Waals surface area contributed by atoms with Crippen molar-refractivity contribution in [2.75, 3.05) is 26.0 Å². The van der Waals surface area contributed by atoms with Gasteiger partial charge in [0, 0.05) is 44.5 Å². The van der Waals surface area contributed by atoms with Gasteiger partial charge in [0.25, 0.3) is 5.91 Å². The summed E-state index contributed by atoms with van der Waals surface area (Å²) in [6.45, 7) is 0.525. The van der Waals surface area contributed by atoms with E-state index in [1.807, 2.05) is 43.3 Å². The summed E-state index contributed by atoms with van der Waals surface area (Å²) in [6, 6.07) is 21.7. The number of anilines is 1. The van der Waals surface area contributed by atoms with E-state index in [1.165, 1.54) is 0 Å². The van der Waals surface area contributed by atoms with Crippen LogP contribution in [0.5, 0.6) is 11.5 Å². The van der Waals surface area contributed by atoms with Gasteiger partial charge >= 0.3 is 0 Å². The van der Waals surface area contributed by atoms with Crippen LogP contribution in [0.15, 0.2) is 72.8 Å². The van der Waals surface area contributed by atoms with E-state index in [0.717, 1.165) is 11.3 Å². The van der Waals surface area contributed by atoms with E-state index in [2.05, 4.69) is 0 Å². The smallest absolute Gasteiger partial charge is 0.253 e. The maximum absolute atomic E-state index is 12.7. The Morgan fingerprint density at radius 2 is 1.27 bits per heavy atom. The number of hydrogen-bond donors (Lipinski definition) is 1. The average Bonchev–Trinajstić information content (AvgIpc) is 2.74. The Morgan fingerprint density at radius 1 is 0.767 bits per heavy atom. The van der Waals surface area contributed by atoms with Crippen LogP contribution in [-0.2, 0) is 6.54 Å². The van der Waals surface area contributed by atoms with Crippen LogP contribution in [0.1, 0.15) is 26.3 Å². The highest BCUT2D eigenvalue weighted by molar-refractivity contribution is 5.94. The van der Waals surface area contributed by atoms with Crippen molar-refractivity contribution in [2.24, 2.45) is 5.73 Å². The predicted molar refractivity (Wildman–Crippen MR) is 118 cm³/mol. The lowest BCUT2D eigenvalue weighted by molar-refractivity contribution is 0.0785. The highest BCUT2D eigenvalue weighted by Crippen LogP contribution is 2.23. The third-order valence-electron chi connectivity index (χ3n) is 4.69. The molecular weight excluding hydrogens is 378 g/mol. The van der Waals surface area contributed by atoms with Crippen molar-refractivity contribution in [2.45, 2.75) is 6.54 Å². The summed E-state index contributed by atoms with van der Waals surface area (Å²) in [5, 5.41) is 0. The topological polar surface area (TPSA) is 75.9 Å². The molecule has 154 valence electrons.